The number of aryl methyl sites for hydroxylation is 1. The van der Waals surface area contributed by atoms with Gasteiger partial charge in [0.15, 0.2) is 0 Å². The van der Waals surface area contributed by atoms with Gasteiger partial charge < -0.3 is 5.73 Å². The molecule has 3 aromatic rings. The van der Waals surface area contributed by atoms with Crippen molar-refractivity contribution in [2.24, 2.45) is 5.73 Å². The lowest BCUT2D eigenvalue weighted by atomic mass is 10.1. The second-order valence-corrected chi connectivity index (χ2v) is 4.31. The first-order valence-corrected chi connectivity index (χ1v) is 5.86. The molecular formula is C14H14N4. The van der Waals surface area contributed by atoms with Crippen LogP contribution in [0.1, 0.15) is 23.0 Å². The Balaban J connectivity index is 2.15. The molecule has 0 spiro atoms. The quantitative estimate of drug-likeness (QED) is 0.743. The van der Waals surface area contributed by atoms with Crippen LogP contribution in [0.15, 0.2) is 48.9 Å². The van der Waals surface area contributed by atoms with Crippen molar-refractivity contribution < 1.29 is 0 Å². The average molecular weight is 238 g/mol. The third-order valence-electron chi connectivity index (χ3n) is 3.11. The number of pyridine rings is 2. The number of hydrogen-bond donors (Lipinski definition) is 1. The van der Waals surface area contributed by atoms with Gasteiger partial charge in [-0.15, -0.1) is 0 Å². The Kier molecular flexibility index (Phi) is 2.57. The molecule has 0 bridgehead atoms. The third-order valence-corrected chi connectivity index (χ3v) is 3.11. The van der Waals surface area contributed by atoms with Crippen LogP contribution >= 0.6 is 0 Å². The number of fused-ring (bicyclic) bond motifs is 1. The fraction of sp³-hybridized carbons (Fsp3) is 0.143. The van der Waals surface area contributed by atoms with Crippen molar-refractivity contribution >= 4 is 5.65 Å². The van der Waals surface area contributed by atoms with E-state index in [0.717, 1.165) is 22.6 Å². The van der Waals surface area contributed by atoms with Gasteiger partial charge in [0.25, 0.3) is 0 Å². The van der Waals surface area contributed by atoms with Crippen molar-refractivity contribution in [1.82, 2.24) is 14.4 Å². The van der Waals surface area contributed by atoms with Crippen molar-refractivity contribution in [3.63, 3.8) is 0 Å². The van der Waals surface area contributed by atoms with Crippen LogP contribution in [-0.2, 0) is 0 Å². The first kappa shape index (κ1) is 10.9. The molecular weight excluding hydrogens is 224 g/mol. The minimum atomic E-state index is -0.213. The molecule has 0 aliphatic carbocycles. The lowest BCUT2D eigenvalue weighted by Crippen LogP contribution is -2.15. The van der Waals surface area contributed by atoms with Gasteiger partial charge in [-0.2, -0.15) is 0 Å². The van der Waals surface area contributed by atoms with Gasteiger partial charge in [0.05, 0.1) is 17.9 Å². The molecule has 0 amide bonds. The molecule has 0 fully saturated rings. The van der Waals surface area contributed by atoms with Crippen molar-refractivity contribution in [2.45, 2.75) is 13.0 Å². The molecule has 0 aliphatic heterocycles. The molecule has 0 saturated carbocycles. The highest BCUT2D eigenvalue weighted by Gasteiger charge is 2.14. The molecule has 1 atom stereocenters. The van der Waals surface area contributed by atoms with Crippen LogP contribution in [0.5, 0.6) is 0 Å². The van der Waals surface area contributed by atoms with Crippen LogP contribution in [0, 0.1) is 6.92 Å². The second kappa shape index (κ2) is 4.23. The van der Waals surface area contributed by atoms with Gasteiger partial charge in [-0.25, -0.2) is 4.98 Å². The summed E-state index contributed by atoms with van der Waals surface area (Å²) in [6.07, 6.45) is 5.37. The molecule has 1 unspecified atom stereocenters. The Morgan fingerprint density at radius 3 is 2.83 bits per heavy atom. The summed E-state index contributed by atoms with van der Waals surface area (Å²) in [5.41, 5.74) is 10.3. The molecule has 0 aromatic carbocycles. The van der Waals surface area contributed by atoms with Crippen molar-refractivity contribution in [2.75, 3.05) is 0 Å². The van der Waals surface area contributed by atoms with E-state index in [0.29, 0.717) is 0 Å². The Morgan fingerprint density at radius 2 is 2.06 bits per heavy atom. The minimum absolute atomic E-state index is 0.213. The fourth-order valence-electron chi connectivity index (χ4n) is 2.18. The van der Waals surface area contributed by atoms with Crippen LogP contribution in [0.25, 0.3) is 5.65 Å². The molecule has 0 aliphatic rings. The maximum Gasteiger partial charge on any atom is 0.137 e. The van der Waals surface area contributed by atoms with E-state index in [9.17, 15) is 0 Å². The topological polar surface area (TPSA) is 56.2 Å². The van der Waals surface area contributed by atoms with Crippen LogP contribution < -0.4 is 5.73 Å². The summed E-state index contributed by atoms with van der Waals surface area (Å²) in [7, 11) is 0. The van der Waals surface area contributed by atoms with E-state index in [4.69, 9.17) is 5.73 Å². The van der Waals surface area contributed by atoms with E-state index in [1.165, 1.54) is 0 Å². The Bertz CT molecular complexity index is 673. The number of hydrogen-bond acceptors (Lipinski definition) is 3. The molecule has 3 heterocycles. The van der Waals surface area contributed by atoms with Crippen LogP contribution in [0.2, 0.25) is 0 Å². The van der Waals surface area contributed by atoms with Gasteiger partial charge in [-0.1, -0.05) is 12.1 Å². The molecule has 2 N–H and O–H groups in total. The second-order valence-electron chi connectivity index (χ2n) is 4.31. The number of nitrogens with two attached hydrogens (primary N) is 1. The molecule has 18 heavy (non-hydrogen) atoms. The van der Waals surface area contributed by atoms with E-state index in [1.54, 1.807) is 12.4 Å². The summed E-state index contributed by atoms with van der Waals surface area (Å²) in [4.78, 5) is 8.50. The van der Waals surface area contributed by atoms with Gasteiger partial charge in [-0.3, -0.25) is 9.38 Å². The fourth-order valence-corrected chi connectivity index (χ4v) is 2.18. The van der Waals surface area contributed by atoms with Crippen molar-refractivity contribution in [1.29, 1.82) is 0 Å². The van der Waals surface area contributed by atoms with E-state index in [2.05, 4.69) is 14.4 Å². The summed E-state index contributed by atoms with van der Waals surface area (Å²) in [6, 6.07) is 9.69. The highest BCUT2D eigenvalue weighted by Crippen LogP contribution is 2.21. The van der Waals surface area contributed by atoms with E-state index in [-0.39, 0.29) is 6.04 Å². The zero-order valence-corrected chi connectivity index (χ0v) is 10.1. The molecule has 4 nitrogen and oxygen atoms in total. The smallest absolute Gasteiger partial charge is 0.137 e. The summed E-state index contributed by atoms with van der Waals surface area (Å²) < 4.78 is 2.08. The van der Waals surface area contributed by atoms with E-state index < -0.39 is 0 Å². The largest absolute Gasteiger partial charge is 0.319 e. The summed E-state index contributed by atoms with van der Waals surface area (Å²) in [5, 5.41) is 0. The zero-order chi connectivity index (χ0) is 12.5. The average Bonchev–Trinajstić information content (AvgIpc) is 2.84. The normalized spacial score (nSPS) is 12.8. The summed E-state index contributed by atoms with van der Waals surface area (Å²) in [5.74, 6) is 0. The lowest BCUT2D eigenvalue weighted by molar-refractivity contribution is 0.800. The van der Waals surface area contributed by atoms with Gasteiger partial charge in [0.2, 0.25) is 0 Å². The standard InChI is InChI=1S/C14H14N4/c1-10-4-2-6-13-17-9-12(18(10)13)14(15)11-5-3-7-16-8-11/h2-9,14H,15H2,1H3. The summed E-state index contributed by atoms with van der Waals surface area (Å²) in [6.45, 7) is 2.05. The number of nitrogens with zero attached hydrogens (tertiary/aromatic N) is 3. The predicted molar refractivity (Wildman–Crippen MR) is 70.2 cm³/mol. The number of rotatable bonds is 2. The Labute approximate surface area is 105 Å². The SMILES string of the molecule is Cc1cccc2ncc(C(N)c3cccnc3)n12. The maximum absolute atomic E-state index is 6.29. The Hall–Kier alpha value is -2.20. The molecule has 0 saturated heterocycles. The van der Waals surface area contributed by atoms with Gasteiger partial charge in [0.1, 0.15) is 5.65 Å². The molecule has 90 valence electrons. The van der Waals surface area contributed by atoms with Crippen LogP contribution in [0.4, 0.5) is 0 Å². The first-order valence-electron chi connectivity index (χ1n) is 5.86. The molecule has 4 heteroatoms. The molecule has 0 radical (unpaired) electrons. The maximum atomic E-state index is 6.29. The van der Waals surface area contributed by atoms with E-state index >= 15 is 0 Å². The number of imidazole rings is 1. The first-order chi connectivity index (χ1) is 8.77. The van der Waals surface area contributed by atoms with Crippen molar-refractivity contribution in [3.8, 4) is 0 Å². The van der Waals surface area contributed by atoms with E-state index in [1.807, 2.05) is 43.5 Å². The van der Waals surface area contributed by atoms with Crippen LogP contribution in [0.3, 0.4) is 0 Å². The Morgan fingerprint density at radius 1 is 1.17 bits per heavy atom. The molecule has 3 rings (SSSR count). The minimum Gasteiger partial charge on any atom is -0.319 e. The lowest BCUT2D eigenvalue weighted by Gasteiger charge is -2.12. The highest BCUT2D eigenvalue weighted by atomic mass is 15.0. The zero-order valence-electron chi connectivity index (χ0n) is 10.1. The highest BCUT2D eigenvalue weighted by molar-refractivity contribution is 5.44. The van der Waals surface area contributed by atoms with Crippen LogP contribution in [-0.4, -0.2) is 14.4 Å². The summed E-state index contributed by atoms with van der Waals surface area (Å²) >= 11 is 0. The van der Waals surface area contributed by atoms with Crippen molar-refractivity contribution in [3.05, 3.63) is 65.9 Å². The van der Waals surface area contributed by atoms with Gasteiger partial charge >= 0.3 is 0 Å². The number of aromatic nitrogens is 3. The predicted octanol–water partition coefficient (Wildman–Crippen LogP) is 2.09. The molecule has 3 aromatic heterocycles. The van der Waals surface area contributed by atoms with Gasteiger partial charge in [0, 0.05) is 18.1 Å². The monoisotopic (exact) mass is 238 g/mol. The third kappa shape index (κ3) is 1.67. The van der Waals surface area contributed by atoms with Gasteiger partial charge in [-0.05, 0) is 30.7 Å².